The highest BCUT2D eigenvalue weighted by Crippen LogP contribution is 2.23. The molecule has 8 heteroatoms. The fourth-order valence-electron chi connectivity index (χ4n) is 2.87. The molecule has 2 aromatic heterocycles. The number of carbonyl (C=O) groups is 3. The smallest absolute Gasteiger partial charge is 0.317 e. The maximum Gasteiger partial charge on any atom is 0.336 e. The van der Waals surface area contributed by atoms with E-state index in [0.29, 0.717) is 5.69 Å². The summed E-state index contributed by atoms with van der Waals surface area (Å²) in [6.07, 6.45) is 6.21. The van der Waals surface area contributed by atoms with E-state index in [-0.39, 0.29) is 11.3 Å². The molecule has 1 fully saturated rings. The predicted octanol–water partition coefficient (Wildman–Crippen LogP) is 3.30. The number of nitrogens with zero attached hydrogens (tertiary/aromatic N) is 3. The van der Waals surface area contributed by atoms with E-state index in [0.717, 1.165) is 15.1 Å². The summed E-state index contributed by atoms with van der Waals surface area (Å²) in [7, 11) is 0. The first-order valence-electron chi connectivity index (χ1n) is 8.29. The number of imide groups is 2. The molecule has 0 unspecified atom stereocenters. The van der Waals surface area contributed by atoms with Crippen molar-refractivity contribution in [2.45, 2.75) is 0 Å². The molecule has 138 valence electrons. The fourth-order valence-corrected chi connectivity index (χ4v) is 3.14. The zero-order valence-corrected chi connectivity index (χ0v) is 16.0. The van der Waals surface area contributed by atoms with Gasteiger partial charge in [0.2, 0.25) is 0 Å². The molecule has 7 nitrogen and oxygen atoms in total. The number of halogens is 1. The van der Waals surface area contributed by atoms with E-state index in [1.807, 2.05) is 41.1 Å². The Morgan fingerprint density at radius 2 is 1.75 bits per heavy atom. The van der Waals surface area contributed by atoms with E-state index in [2.05, 4.69) is 26.2 Å². The van der Waals surface area contributed by atoms with E-state index in [1.165, 1.54) is 18.5 Å². The van der Waals surface area contributed by atoms with Gasteiger partial charge in [0.15, 0.2) is 0 Å². The summed E-state index contributed by atoms with van der Waals surface area (Å²) in [6.45, 7) is 0. The van der Waals surface area contributed by atoms with Crippen LogP contribution in [0.25, 0.3) is 11.8 Å². The average Bonchev–Trinajstić information content (AvgIpc) is 3.15. The van der Waals surface area contributed by atoms with Gasteiger partial charge in [-0.05, 0) is 54.6 Å². The number of hydrogen-bond donors (Lipinski definition) is 1. The van der Waals surface area contributed by atoms with Crippen LogP contribution in [-0.4, -0.2) is 27.4 Å². The first-order valence-corrected chi connectivity index (χ1v) is 9.09. The van der Waals surface area contributed by atoms with Crippen molar-refractivity contribution in [3.8, 4) is 5.69 Å². The molecule has 4 amide bonds. The number of hydrogen-bond acceptors (Lipinski definition) is 4. The fraction of sp³-hybridized carbons (Fsp3) is 0. The van der Waals surface area contributed by atoms with Crippen LogP contribution in [0.15, 0.2) is 77.2 Å². The van der Waals surface area contributed by atoms with Gasteiger partial charge in [0.1, 0.15) is 5.57 Å². The average molecular weight is 437 g/mol. The van der Waals surface area contributed by atoms with E-state index in [4.69, 9.17) is 0 Å². The summed E-state index contributed by atoms with van der Waals surface area (Å²) in [6, 6.07) is 13.6. The van der Waals surface area contributed by atoms with E-state index in [9.17, 15) is 14.4 Å². The quantitative estimate of drug-likeness (QED) is 0.504. The molecule has 0 radical (unpaired) electrons. The van der Waals surface area contributed by atoms with Crippen molar-refractivity contribution in [3.63, 3.8) is 0 Å². The molecule has 1 aliphatic rings. The van der Waals surface area contributed by atoms with Gasteiger partial charge in [-0.1, -0.05) is 15.9 Å². The number of urea groups is 1. The van der Waals surface area contributed by atoms with Gasteiger partial charge in [0.25, 0.3) is 11.8 Å². The van der Waals surface area contributed by atoms with Crippen molar-refractivity contribution in [3.05, 3.63) is 82.9 Å². The van der Waals surface area contributed by atoms with Crippen molar-refractivity contribution in [1.29, 1.82) is 0 Å². The molecule has 3 aromatic rings. The summed E-state index contributed by atoms with van der Waals surface area (Å²) in [5.74, 6) is -1.44. The number of amides is 4. The SMILES string of the molecule is O=C1NC(=O)N(c2cccnc2)C(=O)/C1=C/c1cccn1-c1ccc(Br)cc1. The molecule has 0 spiro atoms. The second-order valence-corrected chi connectivity index (χ2v) is 6.86. The third kappa shape index (κ3) is 3.25. The van der Waals surface area contributed by atoms with Crippen LogP contribution in [-0.2, 0) is 9.59 Å². The molecular formula is C20H13BrN4O3. The van der Waals surface area contributed by atoms with Crippen LogP contribution < -0.4 is 10.2 Å². The summed E-state index contributed by atoms with van der Waals surface area (Å²) in [5, 5.41) is 2.20. The Bertz CT molecular complexity index is 1100. The van der Waals surface area contributed by atoms with Crippen molar-refractivity contribution in [2.75, 3.05) is 4.90 Å². The van der Waals surface area contributed by atoms with Gasteiger partial charge in [-0.3, -0.25) is 19.9 Å². The maximum atomic E-state index is 12.9. The lowest BCUT2D eigenvalue weighted by molar-refractivity contribution is -0.122. The standard InChI is InChI=1S/C20H13BrN4O3/c21-13-5-7-14(8-6-13)24-10-2-4-15(24)11-17-18(26)23-20(28)25(19(17)27)16-3-1-9-22-12-16/h1-12H,(H,23,26,28)/b17-11+. The molecule has 0 bridgehead atoms. The largest absolute Gasteiger partial charge is 0.336 e. The molecule has 1 aliphatic heterocycles. The number of aromatic nitrogens is 2. The van der Waals surface area contributed by atoms with Crippen LogP contribution in [0.1, 0.15) is 5.69 Å². The number of pyridine rings is 1. The molecule has 4 rings (SSSR count). The minimum Gasteiger partial charge on any atom is -0.317 e. The van der Waals surface area contributed by atoms with Crippen molar-refractivity contribution >= 4 is 45.5 Å². The van der Waals surface area contributed by atoms with Crippen LogP contribution in [0.3, 0.4) is 0 Å². The van der Waals surface area contributed by atoms with Gasteiger partial charge < -0.3 is 4.57 Å². The monoisotopic (exact) mass is 436 g/mol. The Balaban J connectivity index is 1.74. The lowest BCUT2D eigenvalue weighted by Crippen LogP contribution is -2.54. The molecule has 0 aliphatic carbocycles. The third-order valence-electron chi connectivity index (χ3n) is 4.18. The predicted molar refractivity (Wildman–Crippen MR) is 107 cm³/mol. The van der Waals surface area contributed by atoms with Gasteiger partial charge in [0, 0.05) is 28.2 Å². The Morgan fingerprint density at radius 1 is 0.964 bits per heavy atom. The zero-order chi connectivity index (χ0) is 19.7. The maximum absolute atomic E-state index is 12.9. The molecule has 3 heterocycles. The number of benzene rings is 1. The van der Waals surface area contributed by atoms with Crippen LogP contribution in [0.5, 0.6) is 0 Å². The van der Waals surface area contributed by atoms with Crippen LogP contribution in [0.2, 0.25) is 0 Å². The Labute approximate surface area is 168 Å². The first kappa shape index (κ1) is 17.9. The molecule has 1 aromatic carbocycles. The Morgan fingerprint density at radius 3 is 2.46 bits per heavy atom. The summed E-state index contributed by atoms with van der Waals surface area (Å²) < 4.78 is 2.78. The summed E-state index contributed by atoms with van der Waals surface area (Å²) in [4.78, 5) is 42.2. The highest BCUT2D eigenvalue weighted by Gasteiger charge is 2.37. The summed E-state index contributed by atoms with van der Waals surface area (Å²) >= 11 is 3.40. The molecule has 1 saturated heterocycles. The second kappa shape index (κ2) is 7.24. The lowest BCUT2D eigenvalue weighted by atomic mass is 10.1. The van der Waals surface area contributed by atoms with Crippen LogP contribution >= 0.6 is 15.9 Å². The van der Waals surface area contributed by atoms with Crippen molar-refractivity contribution < 1.29 is 14.4 Å². The molecule has 0 saturated carbocycles. The van der Waals surface area contributed by atoms with Crippen molar-refractivity contribution in [2.24, 2.45) is 0 Å². The zero-order valence-electron chi connectivity index (χ0n) is 14.4. The van der Waals surface area contributed by atoms with E-state index >= 15 is 0 Å². The Hall–Kier alpha value is -3.52. The number of anilines is 1. The summed E-state index contributed by atoms with van der Waals surface area (Å²) in [5.41, 5.74) is 1.64. The Kier molecular flexibility index (Phi) is 4.62. The molecule has 1 N–H and O–H groups in total. The van der Waals surface area contributed by atoms with Crippen LogP contribution in [0, 0.1) is 0 Å². The third-order valence-corrected chi connectivity index (χ3v) is 4.71. The van der Waals surface area contributed by atoms with Gasteiger partial charge in [0.05, 0.1) is 11.9 Å². The lowest BCUT2D eigenvalue weighted by Gasteiger charge is -2.26. The topological polar surface area (TPSA) is 84.3 Å². The number of barbiturate groups is 1. The van der Waals surface area contributed by atoms with Crippen molar-refractivity contribution in [1.82, 2.24) is 14.9 Å². The number of nitrogens with one attached hydrogen (secondary N) is 1. The van der Waals surface area contributed by atoms with Gasteiger partial charge in [-0.15, -0.1) is 0 Å². The highest BCUT2D eigenvalue weighted by molar-refractivity contribution is 9.10. The normalized spacial score (nSPS) is 15.8. The number of carbonyl (C=O) groups excluding carboxylic acids is 3. The van der Waals surface area contributed by atoms with E-state index in [1.54, 1.807) is 18.2 Å². The van der Waals surface area contributed by atoms with E-state index < -0.39 is 17.8 Å². The van der Waals surface area contributed by atoms with Gasteiger partial charge in [-0.25, -0.2) is 9.69 Å². The molecular weight excluding hydrogens is 424 g/mol. The number of rotatable bonds is 3. The highest BCUT2D eigenvalue weighted by atomic mass is 79.9. The minimum absolute atomic E-state index is 0.138. The molecule has 0 atom stereocenters. The molecule has 28 heavy (non-hydrogen) atoms. The van der Waals surface area contributed by atoms with Gasteiger partial charge in [-0.2, -0.15) is 0 Å². The van der Waals surface area contributed by atoms with Gasteiger partial charge >= 0.3 is 6.03 Å². The first-order chi connectivity index (χ1) is 13.5. The minimum atomic E-state index is -0.802. The second-order valence-electron chi connectivity index (χ2n) is 5.95. The van der Waals surface area contributed by atoms with Crippen LogP contribution in [0.4, 0.5) is 10.5 Å².